The minimum Gasteiger partial charge on any atom is -0.381 e. The van der Waals surface area contributed by atoms with Crippen LogP contribution in [0.25, 0.3) is 0 Å². The van der Waals surface area contributed by atoms with E-state index in [2.05, 4.69) is 50.6 Å². The molecule has 1 saturated carbocycles. The fourth-order valence-electron chi connectivity index (χ4n) is 6.15. The maximum absolute atomic E-state index is 6.14. The fraction of sp³-hybridized carbons (Fsp3) is 0.724. The molecule has 0 amide bonds. The van der Waals surface area contributed by atoms with Crippen molar-refractivity contribution in [1.82, 2.24) is 0 Å². The molecule has 1 heterocycles. The van der Waals surface area contributed by atoms with Crippen molar-refractivity contribution >= 4 is 0 Å². The molecule has 0 spiro atoms. The van der Waals surface area contributed by atoms with Gasteiger partial charge in [-0.3, -0.25) is 0 Å². The molecule has 31 heavy (non-hydrogen) atoms. The summed E-state index contributed by atoms with van der Waals surface area (Å²) in [5.74, 6) is 1.67. The molecule has 1 aliphatic carbocycles. The molecule has 0 radical (unpaired) electrons. The van der Waals surface area contributed by atoms with Gasteiger partial charge in [0.2, 0.25) is 0 Å². The van der Waals surface area contributed by atoms with Crippen molar-refractivity contribution in [1.29, 1.82) is 0 Å². The first-order chi connectivity index (χ1) is 15.1. The van der Waals surface area contributed by atoms with E-state index in [1.807, 2.05) is 0 Å². The maximum Gasteiger partial charge on any atom is 0.0973 e. The summed E-state index contributed by atoms with van der Waals surface area (Å²) in [5, 5.41) is 0. The summed E-state index contributed by atoms with van der Waals surface area (Å²) in [5.41, 5.74) is 0.426. The van der Waals surface area contributed by atoms with Crippen molar-refractivity contribution in [3.63, 3.8) is 0 Å². The lowest BCUT2D eigenvalue weighted by atomic mass is 9.69. The first kappa shape index (κ1) is 26.1. The summed E-state index contributed by atoms with van der Waals surface area (Å²) >= 11 is 0. The van der Waals surface area contributed by atoms with E-state index in [4.69, 9.17) is 4.74 Å². The number of hydrogen-bond donors (Lipinski definition) is 0. The molecule has 176 valence electrons. The van der Waals surface area contributed by atoms with Crippen LogP contribution in [0.1, 0.15) is 77.0 Å². The van der Waals surface area contributed by atoms with Crippen LogP contribution in [0, 0.1) is 17.3 Å². The second-order valence-corrected chi connectivity index (χ2v) is 10.5. The van der Waals surface area contributed by atoms with Crippen LogP contribution in [0.3, 0.4) is 0 Å². The van der Waals surface area contributed by atoms with Gasteiger partial charge in [0.25, 0.3) is 0 Å². The Morgan fingerprint density at radius 2 is 1.29 bits per heavy atom. The van der Waals surface area contributed by atoms with Gasteiger partial charge in [-0.25, -0.2) is 0 Å². The zero-order valence-electron chi connectivity index (χ0n) is 20.4. The Morgan fingerprint density at radius 3 is 1.84 bits per heavy atom. The lowest BCUT2D eigenvalue weighted by Crippen LogP contribution is -2.53. The molecule has 0 N–H and O–H groups in total. The number of ether oxygens (including phenoxy) is 1. The first-order valence-corrected chi connectivity index (χ1v) is 13.0. The number of likely N-dealkylation sites (tertiary alicyclic amines) is 1. The Kier molecular flexibility index (Phi) is 11.9. The number of rotatable bonds is 14. The standard InChI is InChI=1S/C29H50NO/c1-5-17-29(18-6-2)19-10-9-11-27(12-20-29)15-25-31-26-16-28-13-23-30(21-7-3,22-8-4)24-14-28/h5-8,27-28H,1-4,9-26H2/q+1. The minimum absolute atomic E-state index is 0.426. The Bertz CT molecular complexity index is 521. The largest absolute Gasteiger partial charge is 0.381 e. The SMILES string of the molecule is C=CCC1(CC=C)CCCCC(CCOCCC2CC[N+](CC=C)(CC=C)CC2)CC1. The molecule has 2 heteroatoms. The van der Waals surface area contributed by atoms with Gasteiger partial charge in [0, 0.05) is 13.2 Å². The molecular formula is C29H50NO+. The Morgan fingerprint density at radius 1 is 0.710 bits per heavy atom. The number of nitrogens with zero attached hydrogens (tertiary/aromatic N) is 1. The smallest absolute Gasteiger partial charge is 0.0973 e. The van der Waals surface area contributed by atoms with Gasteiger partial charge in [-0.2, -0.15) is 0 Å². The molecule has 0 aromatic carbocycles. The van der Waals surface area contributed by atoms with Crippen LogP contribution in [0.2, 0.25) is 0 Å². The highest BCUT2D eigenvalue weighted by atomic mass is 16.5. The first-order valence-electron chi connectivity index (χ1n) is 13.0. The van der Waals surface area contributed by atoms with Crippen LogP contribution in [0.4, 0.5) is 0 Å². The van der Waals surface area contributed by atoms with Gasteiger partial charge in [0.05, 0.1) is 26.2 Å². The monoisotopic (exact) mass is 428 g/mol. The maximum atomic E-state index is 6.14. The second kappa shape index (κ2) is 14.1. The van der Waals surface area contributed by atoms with Gasteiger partial charge >= 0.3 is 0 Å². The van der Waals surface area contributed by atoms with E-state index in [-0.39, 0.29) is 0 Å². The Balaban J connectivity index is 1.65. The molecule has 1 aliphatic heterocycles. The van der Waals surface area contributed by atoms with Crippen molar-refractivity contribution in [2.75, 3.05) is 39.4 Å². The van der Waals surface area contributed by atoms with Gasteiger partial charge in [-0.15, -0.1) is 13.2 Å². The second-order valence-electron chi connectivity index (χ2n) is 10.5. The van der Waals surface area contributed by atoms with E-state index in [0.717, 1.165) is 55.5 Å². The quantitative estimate of drug-likeness (QED) is 0.158. The number of quaternary nitrogens is 1. The summed E-state index contributed by atoms with van der Waals surface area (Å²) < 4.78 is 7.29. The van der Waals surface area contributed by atoms with E-state index in [0.29, 0.717) is 5.41 Å². The average Bonchev–Trinajstić information content (AvgIpc) is 2.75. The average molecular weight is 429 g/mol. The summed E-state index contributed by atoms with van der Waals surface area (Å²) in [4.78, 5) is 0. The molecule has 0 bridgehead atoms. The van der Waals surface area contributed by atoms with Crippen LogP contribution < -0.4 is 0 Å². The van der Waals surface area contributed by atoms with Gasteiger partial charge in [0.1, 0.15) is 0 Å². The Hall–Kier alpha value is -1.12. The fourth-order valence-corrected chi connectivity index (χ4v) is 6.15. The predicted molar refractivity (Wildman–Crippen MR) is 136 cm³/mol. The predicted octanol–water partition coefficient (Wildman–Crippen LogP) is 7.49. The van der Waals surface area contributed by atoms with Crippen molar-refractivity contribution in [3.8, 4) is 0 Å². The van der Waals surface area contributed by atoms with Crippen molar-refractivity contribution in [2.45, 2.75) is 77.0 Å². The van der Waals surface area contributed by atoms with Gasteiger partial charge in [-0.1, -0.05) is 44.6 Å². The number of allylic oxidation sites excluding steroid dienone is 2. The molecule has 2 aliphatic rings. The summed E-state index contributed by atoms with van der Waals surface area (Å²) in [7, 11) is 0. The van der Waals surface area contributed by atoms with Crippen molar-refractivity contribution in [3.05, 3.63) is 50.6 Å². The van der Waals surface area contributed by atoms with Crippen molar-refractivity contribution in [2.24, 2.45) is 17.3 Å². The van der Waals surface area contributed by atoms with E-state index in [1.165, 1.54) is 77.3 Å². The van der Waals surface area contributed by atoms with Crippen LogP contribution >= 0.6 is 0 Å². The third kappa shape index (κ3) is 8.73. The van der Waals surface area contributed by atoms with Crippen LogP contribution in [0.15, 0.2) is 50.6 Å². The van der Waals surface area contributed by atoms with Gasteiger partial charge < -0.3 is 9.22 Å². The molecule has 2 rings (SSSR count). The molecule has 1 unspecified atom stereocenters. The molecule has 1 saturated heterocycles. The molecule has 0 aromatic heterocycles. The summed E-state index contributed by atoms with van der Waals surface area (Å²) in [6.45, 7) is 22.6. The normalized spacial score (nSPS) is 23.9. The van der Waals surface area contributed by atoms with Crippen LogP contribution in [-0.2, 0) is 4.74 Å². The number of hydrogen-bond acceptors (Lipinski definition) is 1. The van der Waals surface area contributed by atoms with Crippen molar-refractivity contribution < 1.29 is 9.22 Å². The van der Waals surface area contributed by atoms with E-state index in [9.17, 15) is 0 Å². The highest BCUT2D eigenvalue weighted by Gasteiger charge is 2.32. The zero-order valence-corrected chi connectivity index (χ0v) is 20.4. The van der Waals surface area contributed by atoms with Gasteiger partial charge in [0.15, 0.2) is 0 Å². The zero-order chi connectivity index (χ0) is 22.4. The van der Waals surface area contributed by atoms with E-state index in [1.54, 1.807) is 0 Å². The lowest BCUT2D eigenvalue weighted by molar-refractivity contribution is -0.923. The molecule has 0 aromatic rings. The highest BCUT2D eigenvalue weighted by molar-refractivity contribution is 4.93. The highest BCUT2D eigenvalue weighted by Crippen LogP contribution is 2.42. The Labute approximate surface area is 193 Å². The van der Waals surface area contributed by atoms with Gasteiger partial charge in [-0.05, 0) is 87.2 Å². The van der Waals surface area contributed by atoms with Crippen LogP contribution in [-0.4, -0.2) is 43.9 Å². The number of piperidine rings is 1. The summed E-state index contributed by atoms with van der Waals surface area (Å²) in [6, 6.07) is 0. The minimum atomic E-state index is 0.426. The molecule has 2 nitrogen and oxygen atoms in total. The third-order valence-corrected chi connectivity index (χ3v) is 8.20. The molecule has 2 fully saturated rings. The van der Waals surface area contributed by atoms with E-state index < -0.39 is 0 Å². The lowest BCUT2D eigenvalue weighted by Gasteiger charge is -2.42. The molecule has 1 atom stereocenters. The summed E-state index contributed by atoms with van der Waals surface area (Å²) in [6.07, 6.45) is 24.0. The van der Waals surface area contributed by atoms with E-state index >= 15 is 0 Å². The topological polar surface area (TPSA) is 9.23 Å². The van der Waals surface area contributed by atoms with Crippen LogP contribution in [0.5, 0.6) is 0 Å². The molecular weight excluding hydrogens is 378 g/mol. The third-order valence-electron chi connectivity index (χ3n) is 8.20.